The molecule has 0 amide bonds. The highest BCUT2D eigenvalue weighted by atomic mass is 35.5. The second kappa shape index (κ2) is 6.14. The number of allylic oxidation sites excluding steroid dienone is 3. The van der Waals surface area contributed by atoms with Crippen LogP contribution in [0.2, 0.25) is 10.0 Å². The van der Waals surface area contributed by atoms with E-state index in [-0.39, 0.29) is 0 Å². The fourth-order valence-electron chi connectivity index (χ4n) is 2.46. The minimum Gasteiger partial charge on any atom is -0.327 e. The van der Waals surface area contributed by atoms with Gasteiger partial charge in [-0.15, -0.1) is 0 Å². The van der Waals surface area contributed by atoms with Gasteiger partial charge in [-0.05, 0) is 30.7 Å². The fourth-order valence-corrected chi connectivity index (χ4v) is 3.04. The first-order valence-electron chi connectivity index (χ1n) is 6.84. The second-order valence-corrected chi connectivity index (χ2v) is 5.77. The van der Waals surface area contributed by atoms with Crippen molar-refractivity contribution in [3.05, 3.63) is 69.8 Å². The Labute approximate surface area is 134 Å². The van der Waals surface area contributed by atoms with E-state index in [2.05, 4.69) is 17.2 Å². The summed E-state index contributed by atoms with van der Waals surface area (Å²) >= 11 is 12.3. The van der Waals surface area contributed by atoms with Crippen LogP contribution in [0.3, 0.4) is 0 Å². The normalized spacial score (nSPS) is 16.9. The number of hydrogen-bond acceptors (Lipinski definition) is 3. The summed E-state index contributed by atoms with van der Waals surface area (Å²) in [6.45, 7) is 3.42. The lowest BCUT2D eigenvalue weighted by molar-refractivity contribution is -0.106. The Balaban J connectivity index is 1.64. The predicted octanol–water partition coefficient (Wildman–Crippen LogP) is 4.36. The zero-order valence-electron chi connectivity index (χ0n) is 11.7. The van der Waals surface area contributed by atoms with Crippen molar-refractivity contribution in [1.29, 1.82) is 0 Å². The Morgan fingerprint density at radius 3 is 2.76 bits per heavy atom. The summed E-state index contributed by atoms with van der Waals surface area (Å²) in [5.74, 6) is 1.04. The molecule has 0 N–H and O–H groups in total. The van der Waals surface area contributed by atoms with Crippen LogP contribution in [0.5, 0.6) is 0 Å². The molecule has 1 aromatic rings. The molecule has 21 heavy (non-hydrogen) atoms. The first kappa shape index (κ1) is 14.5. The van der Waals surface area contributed by atoms with Gasteiger partial charge in [-0.25, -0.2) is 5.06 Å². The van der Waals surface area contributed by atoms with E-state index in [9.17, 15) is 0 Å². The van der Waals surface area contributed by atoms with Gasteiger partial charge in [0.15, 0.2) is 0 Å². The van der Waals surface area contributed by atoms with Crippen molar-refractivity contribution in [1.82, 2.24) is 9.96 Å². The van der Waals surface area contributed by atoms with Gasteiger partial charge in [0.1, 0.15) is 5.82 Å². The molecule has 2 aliphatic rings. The molecule has 3 nitrogen and oxygen atoms in total. The molecule has 0 bridgehead atoms. The molecule has 0 fully saturated rings. The first-order chi connectivity index (χ1) is 10.2. The molecule has 110 valence electrons. The van der Waals surface area contributed by atoms with Crippen molar-refractivity contribution in [3.8, 4) is 0 Å². The molecule has 2 aliphatic heterocycles. The van der Waals surface area contributed by atoms with Crippen LogP contribution in [-0.4, -0.2) is 23.1 Å². The lowest BCUT2D eigenvalue weighted by Gasteiger charge is -2.26. The van der Waals surface area contributed by atoms with Gasteiger partial charge in [0, 0.05) is 29.2 Å². The monoisotopic (exact) mass is 322 g/mol. The molecular formula is C16H16Cl2N2O. The summed E-state index contributed by atoms with van der Waals surface area (Å²) in [6, 6.07) is 5.54. The molecule has 0 radical (unpaired) electrons. The van der Waals surface area contributed by atoms with E-state index in [0.717, 1.165) is 23.6 Å². The van der Waals surface area contributed by atoms with Crippen LogP contribution in [0.25, 0.3) is 0 Å². The van der Waals surface area contributed by atoms with Crippen molar-refractivity contribution < 1.29 is 4.84 Å². The third-order valence-electron chi connectivity index (χ3n) is 3.48. The Morgan fingerprint density at radius 2 is 2.00 bits per heavy atom. The highest BCUT2D eigenvalue weighted by Gasteiger charge is 2.25. The lowest BCUT2D eigenvalue weighted by Crippen LogP contribution is -2.26. The third kappa shape index (κ3) is 2.95. The number of fused-ring (bicyclic) bond motifs is 1. The average molecular weight is 323 g/mol. The van der Waals surface area contributed by atoms with Gasteiger partial charge >= 0.3 is 0 Å². The minimum absolute atomic E-state index is 0.517. The lowest BCUT2D eigenvalue weighted by atomic mass is 10.1. The highest BCUT2D eigenvalue weighted by Crippen LogP contribution is 2.29. The van der Waals surface area contributed by atoms with E-state index in [1.165, 1.54) is 0 Å². The van der Waals surface area contributed by atoms with Gasteiger partial charge < -0.3 is 4.90 Å². The van der Waals surface area contributed by atoms with Crippen molar-refractivity contribution in [3.63, 3.8) is 0 Å². The van der Waals surface area contributed by atoms with Crippen LogP contribution in [-0.2, 0) is 11.3 Å². The standard InChI is InChI=1S/C16H16Cl2N2O/c1-12-11-19-9-3-2-7-16(19)20(12)21-10-8-13-14(17)5-4-6-15(13)18/h2-7,11H,8-10H2,1H3. The Kier molecular flexibility index (Phi) is 4.24. The number of rotatable bonds is 4. The van der Waals surface area contributed by atoms with Crippen LogP contribution >= 0.6 is 23.2 Å². The average Bonchev–Trinajstić information content (AvgIpc) is 2.78. The number of nitrogens with zero attached hydrogens (tertiary/aromatic N) is 2. The SMILES string of the molecule is CC1=CN2CC=CC=C2N1OCCc1c(Cl)cccc1Cl. The van der Waals surface area contributed by atoms with Crippen molar-refractivity contribution >= 4 is 23.2 Å². The summed E-state index contributed by atoms with van der Waals surface area (Å²) in [6.07, 6.45) is 8.95. The van der Waals surface area contributed by atoms with E-state index in [1.54, 1.807) is 0 Å². The van der Waals surface area contributed by atoms with Crippen LogP contribution in [0.4, 0.5) is 0 Å². The molecule has 0 saturated heterocycles. The maximum absolute atomic E-state index is 6.17. The van der Waals surface area contributed by atoms with Crippen LogP contribution in [0, 0.1) is 0 Å². The van der Waals surface area contributed by atoms with Crippen molar-refractivity contribution in [2.45, 2.75) is 13.3 Å². The molecule has 5 heteroatoms. The maximum Gasteiger partial charge on any atom is 0.138 e. The Morgan fingerprint density at radius 1 is 1.24 bits per heavy atom. The summed E-state index contributed by atoms with van der Waals surface area (Å²) in [7, 11) is 0. The van der Waals surface area contributed by atoms with E-state index in [1.807, 2.05) is 42.3 Å². The molecule has 0 saturated carbocycles. The molecule has 1 aromatic carbocycles. The maximum atomic E-state index is 6.17. The van der Waals surface area contributed by atoms with E-state index in [0.29, 0.717) is 23.1 Å². The second-order valence-electron chi connectivity index (χ2n) is 4.95. The molecule has 2 heterocycles. The number of halogens is 2. The third-order valence-corrected chi connectivity index (χ3v) is 4.19. The van der Waals surface area contributed by atoms with Gasteiger partial charge in [-0.3, -0.25) is 4.84 Å². The Hall–Kier alpha value is -1.42. The molecular weight excluding hydrogens is 307 g/mol. The summed E-state index contributed by atoms with van der Waals surface area (Å²) in [4.78, 5) is 8.05. The van der Waals surface area contributed by atoms with Gasteiger partial charge in [0.2, 0.25) is 0 Å². The van der Waals surface area contributed by atoms with Crippen LogP contribution in [0.1, 0.15) is 12.5 Å². The highest BCUT2D eigenvalue weighted by molar-refractivity contribution is 6.35. The zero-order valence-corrected chi connectivity index (χ0v) is 13.2. The Bertz CT molecular complexity index is 617. The largest absolute Gasteiger partial charge is 0.327 e. The number of benzene rings is 1. The molecule has 0 atom stereocenters. The summed E-state index contributed by atoms with van der Waals surface area (Å²) < 4.78 is 0. The summed E-state index contributed by atoms with van der Waals surface area (Å²) in [5.41, 5.74) is 1.99. The van der Waals surface area contributed by atoms with E-state index in [4.69, 9.17) is 28.0 Å². The number of hydrogen-bond donors (Lipinski definition) is 0. The smallest absolute Gasteiger partial charge is 0.138 e. The first-order valence-corrected chi connectivity index (χ1v) is 7.60. The van der Waals surface area contributed by atoms with Crippen molar-refractivity contribution in [2.24, 2.45) is 0 Å². The molecule has 0 spiro atoms. The molecule has 3 rings (SSSR count). The van der Waals surface area contributed by atoms with Gasteiger partial charge in [-0.2, -0.15) is 0 Å². The fraction of sp³-hybridized carbons (Fsp3) is 0.250. The predicted molar refractivity (Wildman–Crippen MR) is 85.6 cm³/mol. The zero-order chi connectivity index (χ0) is 14.8. The van der Waals surface area contributed by atoms with Gasteiger partial charge in [-0.1, -0.05) is 41.4 Å². The molecule has 0 aromatic heterocycles. The van der Waals surface area contributed by atoms with Crippen molar-refractivity contribution in [2.75, 3.05) is 13.2 Å². The van der Waals surface area contributed by atoms with Crippen LogP contribution < -0.4 is 0 Å². The molecule has 0 unspecified atom stereocenters. The van der Waals surface area contributed by atoms with E-state index < -0.39 is 0 Å². The summed E-state index contributed by atoms with van der Waals surface area (Å²) in [5, 5.41) is 3.22. The minimum atomic E-state index is 0.517. The van der Waals surface area contributed by atoms with Crippen LogP contribution in [0.15, 0.2) is 54.1 Å². The number of hydroxylamine groups is 2. The topological polar surface area (TPSA) is 15.7 Å². The van der Waals surface area contributed by atoms with Gasteiger partial charge in [0.05, 0.1) is 12.3 Å². The molecule has 0 aliphatic carbocycles. The van der Waals surface area contributed by atoms with Gasteiger partial charge in [0.25, 0.3) is 0 Å². The van der Waals surface area contributed by atoms with E-state index >= 15 is 0 Å². The quantitative estimate of drug-likeness (QED) is 0.819.